The molecule has 0 N–H and O–H groups in total. The summed E-state index contributed by atoms with van der Waals surface area (Å²) in [4.78, 5) is 0. The Kier molecular flexibility index (Phi) is 3.96. The predicted octanol–water partition coefficient (Wildman–Crippen LogP) is 4.40. The highest BCUT2D eigenvalue weighted by Crippen LogP contribution is 2.25. The standard InChI is InChI=1S/C11H13BrClF/c1-11(2,7-13)6-8-3-4-10(14)9(12)5-8/h3-5H,6-7H2,1-2H3. The van der Waals surface area contributed by atoms with E-state index in [0.717, 1.165) is 12.0 Å². The Balaban J connectivity index is 2.83. The van der Waals surface area contributed by atoms with E-state index in [4.69, 9.17) is 11.6 Å². The summed E-state index contributed by atoms with van der Waals surface area (Å²) in [5.41, 5.74) is 1.16. The van der Waals surface area contributed by atoms with Crippen LogP contribution in [0.15, 0.2) is 22.7 Å². The molecule has 78 valence electrons. The molecule has 0 fully saturated rings. The summed E-state index contributed by atoms with van der Waals surface area (Å²) >= 11 is 9.00. The van der Waals surface area contributed by atoms with Crippen LogP contribution in [0.2, 0.25) is 0 Å². The lowest BCUT2D eigenvalue weighted by Crippen LogP contribution is -2.16. The molecule has 0 unspecified atom stereocenters. The second-order valence-electron chi connectivity index (χ2n) is 4.22. The van der Waals surface area contributed by atoms with Crippen LogP contribution in [0.5, 0.6) is 0 Å². The number of halogens is 3. The van der Waals surface area contributed by atoms with Gasteiger partial charge in [-0.3, -0.25) is 0 Å². The van der Waals surface area contributed by atoms with E-state index in [0.29, 0.717) is 10.4 Å². The minimum atomic E-state index is -0.225. The molecule has 0 heterocycles. The summed E-state index contributed by atoms with van der Waals surface area (Å²) in [6, 6.07) is 5.09. The van der Waals surface area contributed by atoms with Crippen molar-refractivity contribution >= 4 is 27.5 Å². The van der Waals surface area contributed by atoms with Gasteiger partial charge in [0.25, 0.3) is 0 Å². The third-order valence-electron chi connectivity index (χ3n) is 2.03. The highest BCUT2D eigenvalue weighted by atomic mass is 79.9. The first-order valence-electron chi connectivity index (χ1n) is 4.44. The Bertz CT molecular complexity index is 323. The number of rotatable bonds is 3. The lowest BCUT2D eigenvalue weighted by atomic mass is 9.88. The molecule has 0 spiro atoms. The first-order valence-corrected chi connectivity index (χ1v) is 5.77. The summed E-state index contributed by atoms with van der Waals surface area (Å²) in [7, 11) is 0. The molecule has 0 atom stereocenters. The Hall–Kier alpha value is -0.0800. The van der Waals surface area contributed by atoms with Crippen molar-refractivity contribution in [3.8, 4) is 0 Å². The van der Waals surface area contributed by atoms with Crippen LogP contribution >= 0.6 is 27.5 Å². The van der Waals surface area contributed by atoms with Crippen LogP contribution in [0.25, 0.3) is 0 Å². The van der Waals surface area contributed by atoms with Crippen LogP contribution in [0.1, 0.15) is 19.4 Å². The summed E-state index contributed by atoms with van der Waals surface area (Å²) in [5, 5.41) is 0. The van der Waals surface area contributed by atoms with E-state index < -0.39 is 0 Å². The van der Waals surface area contributed by atoms with E-state index in [1.165, 1.54) is 6.07 Å². The van der Waals surface area contributed by atoms with E-state index in [2.05, 4.69) is 29.8 Å². The van der Waals surface area contributed by atoms with Gasteiger partial charge in [0.2, 0.25) is 0 Å². The van der Waals surface area contributed by atoms with Crippen molar-refractivity contribution < 1.29 is 4.39 Å². The highest BCUT2D eigenvalue weighted by Gasteiger charge is 2.17. The first-order chi connectivity index (χ1) is 6.44. The van der Waals surface area contributed by atoms with E-state index in [-0.39, 0.29) is 11.2 Å². The summed E-state index contributed by atoms with van der Waals surface area (Å²) in [6.45, 7) is 4.19. The Morgan fingerprint density at radius 1 is 1.43 bits per heavy atom. The SMILES string of the molecule is CC(C)(CCl)Cc1ccc(F)c(Br)c1. The second-order valence-corrected chi connectivity index (χ2v) is 5.34. The van der Waals surface area contributed by atoms with Gasteiger partial charge in [-0.1, -0.05) is 19.9 Å². The topological polar surface area (TPSA) is 0 Å². The van der Waals surface area contributed by atoms with Crippen LogP contribution in [0.4, 0.5) is 4.39 Å². The van der Waals surface area contributed by atoms with Gasteiger partial charge in [-0.25, -0.2) is 4.39 Å². The average Bonchev–Trinajstić information content (AvgIpc) is 2.11. The smallest absolute Gasteiger partial charge is 0.137 e. The average molecular weight is 280 g/mol. The molecular formula is C11H13BrClF. The van der Waals surface area contributed by atoms with Gasteiger partial charge in [0, 0.05) is 5.88 Å². The molecule has 1 aromatic rings. The molecule has 0 radical (unpaired) electrons. The zero-order chi connectivity index (χ0) is 10.8. The van der Waals surface area contributed by atoms with E-state index in [9.17, 15) is 4.39 Å². The molecule has 0 saturated carbocycles. The van der Waals surface area contributed by atoms with E-state index >= 15 is 0 Å². The van der Waals surface area contributed by atoms with Crippen molar-refractivity contribution in [1.82, 2.24) is 0 Å². The molecule has 0 saturated heterocycles. The fraction of sp³-hybridized carbons (Fsp3) is 0.455. The van der Waals surface area contributed by atoms with Gasteiger partial charge in [0.15, 0.2) is 0 Å². The predicted molar refractivity (Wildman–Crippen MR) is 62.3 cm³/mol. The van der Waals surface area contributed by atoms with Gasteiger partial charge in [0.1, 0.15) is 5.82 Å². The molecule has 0 aliphatic rings. The number of alkyl halides is 1. The molecular weight excluding hydrogens is 266 g/mol. The largest absolute Gasteiger partial charge is 0.206 e. The van der Waals surface area contributed by atoms with Crippen molar-refractivity contribution in [2.45, 2.75) is 20.3 Å². The Morgan fingerprint density at radius 3 is 2.57 bits per heavy atom. The molecule has 0 nitrogen and oxygen atoms in total. The Labute approximate surface area is 97.6 Å². The van der Waals surface area contributed by atoms with Gasteiger partial charge in [-0.15, -0.1) is 11.6 Å². The monoisotopic (exact) mass is 278 g/mol. The quantitative estimate of drug-likeness (QED) is 0.720. The number of benzene rings is 1. The third kappa shape index (κ3) is 3.25. The van der Waals surface area contributed by atoms with E-state index in [1.54, 1.807) is 6.07 Å². The van der Waals surface area contributed by atoms with Crippen LogP contribution in [-0.4, -0.2) is 5.88 Å². The van der Waals surface area contributed by atoms with Gasteiger partial charge in [0.05, 0.1) is 4.47 Å². The van der Waals surface area contributed by atoms with Gasteiger partial charge in [-0.2, -0.15) is 0 Å². The third-order valence-corrected chi connectivity index (χ3v) is 3.36. The van der Waals surface area contributed by atoms with Crippen LogP contribution in [-0.2, 0) is 6.42 Å². The molecule has 0 amide bonds. The molecule has 0 bridgehead atoms. The lowest BCUT2D eigenvalue weighted by Gasteiger charge is -2.21. The normalized spacial score (nSPS) is 11.8. The zero-order valence-electron chi connectivity index (χ0n) is 8.28. The number of hydrogen-bond acceptors (Lipinski definition) is 0. The molecule has 1 rings (SSSR count). The molecule has 1 aromatic carbocycles. The summed E-state index contributed by atoms with van der Waals surface area (Å²) in [6.07, 6.45) is 0.857. The molecule has 0 aliphatic heterocycles. The van der Waals surface area contributed by atoms with Crippen molar-refractivity contribution in [3.05, 3.63) is 34.1 Å². The fourth-order valence-electron chi connectivity index (χ4n) is 1.25. The van der Waals surface area contributed by atoms with Crippen molar-refractivity contribution in [2.75, 3.05) is 5.88 Å². The molecule has 3 heteroatoms. The van der Waals surface area contributed by atoms with Crippen molar-refractivity contribution in [2.24, 2.45) is 5.41 Å². The van der Waals surface area contributed by atoms with Crippen LogP contribution in [0, 0.1) is 11.2 Å². The maximum atomic E-state index is 12.9. The Morgan fingerprint density at radius 2 is 2.07 bits per heavy atom. The minimum Gasteiger partial charge on any atom is -0.206 e. The van der Waals surface area contributed by atoms with Crippen molar-refractivity contribution in [3.63, 3.8) is 0 Å². The summed E-state index contributed by atoms with van der Waals surface area (Å²) in [5.74, 6) is 0.375. The maximum Gasteiger partial charge on any atom is 0.137 e. The molecule has 0 aliphatic carbocycles. The minimum absolute atomic E-state index is 0.0544. The molecule has 14 heavy (non-hydrogen) atoms. The second kappa shape index (κ2) is 4.63. The van der Waals surface area contributed by atoms with Gasteiger partial charge in [-0.05, 0) is 45.5 Å². The highest BCUT2D eigenvalue weighted by molar-refractivity contribution is 9.10. The van der Waals surface area contributed by atoms with Crippen LogP contribution < -0.4 is 0 Å². The molecule has 0 aromatic heterocycles. The first kappa shape index (κ1) is 12.0. The summed E-state index contributed by atoms with van der Waals surface area (Å²) < 4.78 is 13.5. The fourth-order valence-corrected chi connectivity index (χ4v) is 1.77. The van der Waals surface area contributed by atoms with Crippen molar-refractivity contribution in [1.29, 1.82) is 0 Å². The zero-order valence-corrected chi connectivity index (χ0v) is 10.6. The van der Waals surface area contributed by atoms with Crippen LogP contribution in [0.3, 0.4) is 0 Å². The van der Waals surface area contributed by atoms with Gasteiger partial charge >= 0.3 is 0 Å². The number of hydrogen-bond donors (Lipinski definition) is 0. The van der Waals surface area contributed by atoms with Gasteiger partial charge < -0.3 is 0 Å². The lowest BCUT2D eigenvalue weighted by molar-refractivity contribution is 0.418. The van der Waals surface area contributed by atoms with E-state index in [1.807, 2.05) is 6.07 Å². The maximum absolute atomic E-state index is 12.9.